The fourth-order valence-corrected chi connectivity index (χ4v) is 3.69. The van der Waals surface area contributed by atoms with Gasteiger partial charge in [-0.25, -0.2) is 0 Å². The van der Waals surface area contributed by atoms with Crippen molar-refractivity contribution in [3.05, 3.63) is 45.2 Å². The predicted octanol–water partition coefficient (Wildman–Crippen LogP) is 3.02. The fourth-order valence-electron chi connectivity index (χ4n) is 3.41. The van der Waals surface area contributed by atoms with Crippen LogP contribution in [0.25, 0.3) is 10.9 Å². The highest BCUT2D eigenvalue weighted by Gasteiger charge is 2.22. The molecular formula is C20H27N3O2S. The quantitative estimate of drug-likeness (QED) is 0.789. The van der Waals surface area contributed by atoms with Crippen LogP contribution in [0.15, 0.2) is 23.0 Å². The molecule has 1 aromatic carbocycles. The van der Waals surface area contributed by atoms with Crippen molar-refractivity contribution in [3.8, 4) is 0 Å². The highest BCUT2D eigenvalue weighted by molar-refractivity contribution is 7.80. The normalized spacial score (nSPS) is 16.8. The molecule has 2 N–H and O–H groups in total. The summed E-state index contributed by atoms with van der Waals surface area (Å²) in [5.41, 5.74) is 3.88. The lowest BCUT2D eigenvalue weighted by Gasteiger charge is -2.28. The Labute approximate surface area is 159 Å². The average molecular weight is 374 g/mol. The van der Waals surface area contributed by atoms with Crippen LogP contribution in [0, 0.1) is 13.8 Å². The number of aromatic nitrogens is 1. The molecule has 140 valence electrons. The lowest BCUT2D eigenvalue weighted by Crippen LogP contribution is -2.43. The van der Waals surface area contributed by atoms with Gasteiger partial charge in [-0.05, 0) is 68.4 Å². The van der Waals surface area contributed by atoms with E-state index in [1.165, 1.54) is 5.56 Å². The summed E-state index contributed by atoms with van der Waals surface area (Å²) in [6.07, 6.45) is 2.30. The predicted molar refractivity (Wildman–Crippen MR) is 110 cm³/mol. The molecule has 0 amide bonds. The Kier molecular flexibility index (Phi) is 5.94. The van der Waals surface area contributed by atoms with Crippen molar-refractivity contribution in [2.75, 3.05) is 19.7 Å². The fraction of sp³-hybridized carbons (Fsp3) is 0.500. The molecule has 1 aliphatic heterocycles. The molecular weight excluding hydrogens is 346 g/mol. The molecule has 6 heteroatoms. The van der Waals surface area contributed by atoms with E-state index in [9.17, 15) is 4.79 Å². The first-order valence-electron chi connectivity index (χ1n) is 9.26. The van der Waals surface area contributed by atoms with Crippen molar-refractivity contribution in [3.63, 3.8) is 0 Å². The number of H-pyrrole nitrogens is 1. The average Bonchev–Trinajstić information content (AvgIpc) is 3.12. The van der Waals surface area contributed by atoms with Crippen LogP contribution in [-0.4, -0.2) is 40.8 Å². The molecule has 1 atom stereocenters. The summed E-state index contributed by atoms with van der Waals surface area (Å²) in [6, 6.07) is 6.13. The van der Waals surface area contributed by atoms with Gasteiger partial charge in [-0.1, -0.05) is 12.1 Å². The number of nitrogens with zero attached hydrogens (tertiary/aromatic N) is 1. The van der Waals surface area contributed by atoms with Gasteiger partial charge in [0.25, 0.3) is 5.56 Å². The maximum atomic E-state index is 12.7. The molecule has 0 radical (unpaired) electrons. The summed E-state index contributed by atoms with van der Waals surface area (Å²) in [7, 11) is 0. The molecule has 1 fully saturated rings. The molecule has 3 rings (SSSR count). The minimum atomic E-state index is -0.0529. The molecule has 1 aliphatic rings. The number of fused-ring (bicyclic) bond motifs is 1. The largest absolute Gasteiger partial charge is 0.376 e. The second-order valence-electron chi connectivity index (χ2n) is 6.95. The Balaban J connectivity index is 1.89. The maximum Gasteiger partial charge on any atom is 0.253 e. The zero-order valence-corrected chi connectivity index (χ0v) is 16.5. The molecule has 1 aromatic heterocycles. The van der Waals surface area contributed by atoms with Gasteiger partial charge in [0, 0.05) is 25.3 Å². The van der Waals surface area contributed by atoms with Crippen molar-refractivity contribution >= 4 is 28.2 Å². The van der Waals surface area contributed by atoms with E-state index in [-0.39, 0.29) is 11.7 Å². The minimum Gasteiger partial charge on any atom is -0.376 e. The highest BCUT2D eigenvalue weighted by Crippen LogP contribution is 2.20. The first-order valence-corrected chi connectivity index (χ1v) is 9.67. The number of rotatable bonds is 5. The Bertz CT molecular complexity index is 856. The van der Waals surface area contributed by atoms with Crippen LogP contribution in [0.4, 0.5) is 0 Å². The Morgan fingerprint density at radius 3 is 2.92 bits per heavy atom. The van der Waals surface area contributed by atoms with E-state index >= 15 is 0 Å². The number of pyridine rings is 1. The van der Waals surface area contributed by atoms with Crippen LogP contribution < -0.4 is 10.9 Å². The van der Waals surface area contributed by atoms with Crippen molar-refractivity contribution in [1.29, 1.82) is 0 Å². The molecule has 5 nitrogen and oxygen atoms in total. The zero-order valence-electron chi connectivity index (χ0n) is 15.7. The smallest absolute Gasteiger partial charge is 0.253 e. The van der Waals surface area contributed by atoms with E-state index in [1.807, 2.05) is 24.8 Å². The summed E-state index contributed by atoms with van der Waals surface area (Å²) in [5, 5.41) is 4.92. The van der Waals surface area contributed by atoms with Gasteiger partial charge < -0.3 is 19.9 Å². The lowest BCUT2D eigenvalue weighted by molar-refractivity contribution is 0.0897. The number of hydrogen-bond acceptors (Lipinski definition) is 3. The topological polar surface area (TPSA) is 57.4 Å². The van der Waals surface area contributed by atoms with Gasteiger partial charge >= 0.3 is 0 Å². The Hall–Kier alpha value is -1.92. The van der Waals surface area contributed by atoms with Crippen molar-refractivity contribution in [2.45, 2.75) is 46.3 Å². The van der Waals surface area contributed by atoms with E-state index in [2.05, 4.69) is 29.4 Å². The number of benzene rings is 1. The number of aryl methyl sites for hydroxylation is 2. The molecule has 0 bridgehead atoms. The van der Waals surface area contributed by atoms with Gasteiger partial charge in [0.2, 0.25) is 0 Å². The molecule has 1 saturated heterocycles. The standard InChI is InChI=1S/C20H27N3O2S/c1-4-21-20(26)23(12-17-6-5-9-25-17)11-16-10-15-8-7-13(2)14(3)18(15)22-19(16)24/h7-8,10,17H,4-6,9,11-12H2,1-3H3,(H,21,26)(H,22,24)/t17-/m1/s1. The van der Waals surface area contributed by atoms with Crippen molar-refractivity contribution in [1.82, 2.24) is 15.2 Å². The van der Waals surface area contributed by atoms with Crippen molar-refractivity contribution in [2.24, 2.45) is 0 Å². The van der Waals surface area contributed by atoms with Gasteiger partial charge in [0.15, 0.2) is 5.11 Å². The molecule has 26 heavy (non-hydrogen) atoms. The third-order valence-corrected chi connectivity index (χ3v) is 5.45. The van der Waals surface area contributed by atoms with E-state index in [1.54, 1.807) is 0 Å². The third kappa shape index (κ3) is 4.07. The highest BCUT2D eigenvalue weighted by atomic mass is 32.1. The van der Waals surface area contributed by atoms with E-state index in [4.69, 9.17) is 17.0 Å². The molecule has 0 aliphatic carbocycles. The summed E-state index contributed by atoms with van der Waals surface area (Å²) in [5.74, 6) is 0. The van der Waals surface area contributed by atoms with E-state index in [0.29, 0.717) is 18.2 Å². The Morgan fingerprint density at radius 1 is 1.42 bits per heavy atom. The second-order valence-corrected chi connectivity index (χ2v) is 7.33. The van der Waals surface area contributed by atoms with Gasteiger partial charge in [-0.15, -0.1) is 0 Å². The third-order valence-electron chi connectivity index (χ3n) is 5.05. The number of ether oxygens (including phenoxy) is 1. The first kappa shape index (κ1) is 18.9. The van der Waals surface area contributed by atoms with Crippen LogP contribution in [0.1, 0.15) is 36.5 Å². The summed E-state index contributed by atoms with van der Waals surface area (Å²) < 4.78 is 5.76. The van der Waals surface area contributed by atoms with E-state index < -0.39 is 0 Å². The van der Waals surface area contributed by atoms with Crippen LogP contribution in [0.3, 0.4) is 0 Å². The lowest BCUT2D eigenvalue weighted by atomic mass is 10.0. The monoisotopic (exact) mass is 373 g/mol. The molecule has 2 heterocycles. The van der Waals surface area contributed by atoms with Crippen molar-refractivity contribution < 1.29 is 4.74 Å². The summed E-state index contributed by atoms with van der Waals surface area (Å²) in [4.78, 5) is 17.8. The van der Waals surface area contributed by atoms with Gasteiger partial charge in [-0.3, -0.25) is 4.79 Å². The van der Waals surface area contributed by atoms with Gasteiger partial charge in [-0.2, -0.15) is 0 Å². The molecule has 0 saturated carbocycles. The van der Waals surface area contributed by atoms with Crippen LogP contribution in [0.2, 0.25) is 0 Å². The first-order chi connectivity index (χ1) is 12.5. The SMILES string of the molecule is CCNC(=S)N(Cc1cc2ccc(C)c(C)c2[nH]c1=O)C[C@H]1CCCO1. The molecule has 2 aromatic rings. The molecule has 0 spiro atoms. The Morgan fingerprint density at radius 2 is 2.23 bits per heavy atom. The number of aromatic amines is 1. The van der Waals surface area contributed by atoms with Crippen LogP contribution in [-0.2, 0) is 11.3 Å². The van der Waals surface area contributed by atoms with E-state index in [0.717, 1.165) is 48.0 Å². The van der Waals surface area contributed by atoms with Crippen LogP contribution >= 0.6 is 12.2 Å². The number of thiocarbonyl (C=S) groups is 1. The number of hydrogen-bond donors (Lipinski definition) is 2. The van der Waals surface area contributed by atoms with Gasteiger partial charge in [0.05, 0.1) is 18.2 Å². The maximum absolute atomic E-state index is 12.7. The zero-order chi connectivity index (χ0) is 18.7. The number of nitrogens with one attached hydrogen (secondary N) is 2. The van der Waals surface area contributed by atoms with Gasteiger partial charge in [0.1, 0.15) is 0 Å². The summed E-state index contributed by atoms with van der Waals surface area (Å²) >= 11 is 5.53. The minimum absolute atomic E-state index is 0.0529. The molecule has 0 unspecified atom stereocenters. The summed E-state index contributed by atoms with van der Waals surface area (Å²) in [6.45, 7) is 8.86. The van der Waals surface area contributed by atoms with Crippen LogP contribution in [0.5, 0.6) is 0 Å². The second kappa shape index (κ2) is 8.18.